The van der Waals surface area contributed by atoms with Gasteiger partial charge in [0.05, 0.1) is 38.6 Å². The fraction of sp³-hybridized carbons (Fsp3) is 0.667. The minimum absolute atomic E-state index is 0.174. The second kappa shape index (κ2) is 22.1. The highest BCUT2D eigenvalue weighted by molar-refractivity contribution is 5.93. The van der Waals surface area contributed by atoms with Crippen molar-refractivity contribution in [1.29, 1.82) is 0 Å². The van der Waals surface area contributed by atoms with E-state index in [2.05, 4.69) is 29.5 Å². The van der Waals surface area contributed by atoms with Gasteiger partial charge in [-0.05, 0) is 26.0 Å². The molecule has 168 valence electrons. The van der Waals surface area contributed by atoms with Crippen LogP contribution < -0.4 is 10.6 Å². The first-order valence-corrected chi connectivity index (χ1v) is 10.3. The largest absolute Gasteiger partial charge is 0.450 e. The SMILES string of the molecule is CC.CCC.CCOC(=O)NCCOCCOCCNC(=O)c1ccc(C)nc1. The molecule has 0 radical (unpaired) electrons. The summed E-state index contributed by atoms with van der Waals surface area (Å²) in [5, 5.41) is 5.29. The second-order valence-electron chi connectivity index (χ2n) is 5.52. The zero-order valence-corrected chi connectivity index (χ0v) is 18.9. The third-order valence-electron chi connectivity index (χ3n) is 2.87. The smallest absolute Gasteiger partial charge is 0.407 e. The third kappa shape index (κ3) is 18.9. The molecule has 0 saturated heterocycles. The van der Waals surface area contributed by atoms with E-state index in [0.717, 1.165) is 5.69 Å². The Hall–Kier alpha value is -2.19. The van der Waals surface area contributed by atoms with E-state index in [0.29, 0.717) is 51.7 Å². The summed E-state index contributed by atoms with van der Waals surface area (Å²) in [7, 11) is 0. The second-order valence-corrected chi connectivity index (χ2v) is 5.52. The standard InChI is InChI=1S/C16H25N3O5.C3H8.C2H6/c1-3-24-16(21)18-7-9-23-11-10-22-8-6-17-15(20)14-5-4-13(2)19-12-14;1-3-2;1-2/h4-5,12H,3,6-11H2,1-2H3,(H,17,20)(H,18,21);3H2,1-2H3;1-2H3. The lowest BCUT2D eigenvalue weighted by Gasteiger charge is -2.08. The summed E-state index contributed by atoms with van der Waals surface area (Å²) in [6, 6.07) is 3.52. The number of carbonyl (C=O) groups excluding carboxylic acids is 2. The normalized spacial score (nSPS) is 9.31. The van der Waals surface area contributed by atoms with Gasteiger partial charge >= 0.3 is 6.09 Å². The molecular weight excluding hydrogens is 374 g/mol. The third-order valence-corrected chi connectivity index (χ3v) is 2.87. The minimum atomic E-state index is -0.447. The van der Waals surface area contributed by atoms with Gasteiger partial charge in [-0.15, -0.1) is 0 Å². The van der Waals surface area contributed by atoms with Gasteiger partial charge in [-0.25, -0.2) is 4.79 Å². The minimum Gasteiger partial charge on any atom is -0.450 e. The van der Waals surface area contributed by atoms with Gasteiger partial charge in [0.25, 0.3) is 5.91 Å². The molecule has 0 saturated carbocycles. The number of nitrogens with one attached hydrogen (secondary N) is 2. The van der Waals surface area contributed by atoms with Crippen LogP contribution in [-0.2, 0) is 14.2 Å². The fourth-order valence-electron chi connectivity index (χ4n) is 1.67. The molecular formula is C21H39N3O5. The van der Waals surface area contributed by atoms with Crippen molar-refractivity contribution in [2.45, 2.75) is 48.0 Å². The molecule has 0 spiro atoms. The van der Waals surface area contributed by atoms with Crippen LogP contribution in [0.2, 0.25) is 0 Å². The Morgan fingerprint density at radius 3 is 1.97 bits per heavy atom. The van der Waals surface area contributed by atoms with Gasteiger partial charge < -0.3 is 24.8 Å². The van der Waals surface area contributed by atoms with E-state index in [9.17, 15) is 9.59 Å². The van der Waals surface area contributed by atoms with E-state index in [-0.39, 0.29) is 5.91 Å². The molecule has 29 heavy (non-hydrogen) atoms. The van der Waals surface area contributed by atoms with Gasteiger partial charge in [0, 0.05) is 25.0 Å². The van der Waals surface area contributed by atoms with Crippen LogP contribution in [0.1, 0.15) is 57.1 Å². The Labute approximate surface area is 175 Å². The summed E-state index contributed by atoms with van der Waals surface area (Å²) in [4.78, 5) is 26.8. The van der Waals surface area contributed by atoms with Crippen molar-refractivity contribution in [3.8, 4) is 0 Å². The Kier molecular flexibility index (Phi) is 22.1. The van der Waals surface area contributed by atoms with Crippen LogP contribution in [0, 0.1) is 6.92 Å². The molecule has 1 aromatic rings. The topological polar surface area (TPSA) is 98.8 Å². The summed E-state index contributed by atoms with van der Waals surface area (Å²) < 4.78 is 15.3. The van der Waals surface area contributed by atoms with E-state index >= 15 is 0 Å². The Bertz CT molecular complexity index is 510. The molecule has 2 amide bonds. The molecule has 0 fully saturated rings. The fourth-order valence-corrected chi connectivity index (χ4v) is 1.67. The first-order chi connectivity index (χ1) is 14.0. The zero-order chi connectivity index (χ0) is 22.3. The Balaban J connectivity index is 0. The van der Waals surface area contributed by atoms with Crippen LogP contribution in [0.25, 0.3) is 0 Å². The van der Waals surface area contributed by atoms with E-state index in [1.165, 1.54) is 6.42 Å². The quantitative estimate of drug-likeness (QED) is 0.540. The molecule has 0 bridgehead atoms. The van der Waals surface area contributed by atoms with Crippen molar-refractivity contribution >= 4 is 12.0 Å². The van der Waals surface area contributed by atoms with Crippen LogP contribution >= 0.6 is 0 Å². The summed E-state index contributed by atoms with van der Waals surface area (Å²) in [5.74, 6) is -0.174. The van der Waals surface area contributed by atoms with Crippen molar-refractivity contribution in [2.24, 2.45) is 0 Å². The van der Waals surface area contributed by atoms with Crippen LogP contribution in [0.5, 0.6) is 0 Å². The number of hydrogen-bond donors (Lipinski definition) is 2. The average Bonchev–Trinajstić information content (AvgIpc) is 2.72. The van der Waals surface area contributed by atoms with Gasteiger partial charge in [0.1, 0.15) is 0 Å². The average molecular weight is 414 g/mol. The number of aromatic nitrogens is 1. The summed E-state index contributed by atoms with van der Waals surface area (Å²) >= 11 is 0. The molecule has 0 unspecified atom stereocenters. The molecule has 8 heteroatoms. The lowest BCUT2D eigenvalue weighted by atomic mass is 10.2. The van der Waals surface area contributed by atoms with Crippen molar-refractivity contribution in [2.75, 3.05) is 46.1 Å². The molecule has 0 aliphatic carbocycles. The van der Waals surface area contributed by atoms with Gasteiger partial charge in [0.2, 0.25) is 0 Å². The number of rotatable bonds is 11. The van der Waals surface area contributed by atoms with Gasteiger partial charge in [-0.3, -0.25) is 9.78 Å². The molecule has 1 heterocycles. The Morgan fingerprint density at radius 1 is 0.931 bits per heavy atom. The first kappa shape index (κ1) is 29.0. The zero-order valence-electron chi connectivity index (χ0n) is 18.9. The molecule has 2 N–H and O–H groups in total. The maximum absolute atomic E-state index is 11.8. The van der Waals surface area contributed by atoms with Crippen molar-refractivity contribution < 1.29 is 23.8 Å². The predicted molar refractivity (Wildman–Crippen MR) is 115 cm³/mol. The predicted octanol–water partition coefficient (Wildman–Crippen LogP) is 3.34. The molecule has 0 atom stereocenters. The maximum Gasteiger partial charge on any atom is 0.407 e. The number of ether oxygens (including phenoxy) is 3. The summed E-state index contributed by atoms with van der Waals surface area (Å²) in [6.45, 7) is 14.6. The number of amides is 2. The van der Waals surface area contributed by atoms with E-state index in [4.69, 9.17) is 14.2 Å². The molecule has 0 aromatic carbocycles. The summed E-state index contributed by atoms with van der Waals surface area (Å²) in [5.41, 5.74) is 1.39. The van der Waals surface area contributed by atoms with Crippen LogP contribution in [-0.4, -0.2) is 63.1 Å². The van der Waals surface area contributed by atoms with Crippen LogP contribution in [0.4, 0.5) is 4.79 Å². The van der Waals surface area contributed by atoms with Crippen molar-refractivity contribution in [1.82, 2.24) is 15.6 Å². The lowest BCUT2D eigenvalue weighted by Crippen LogP contribution is -2.29. The van der Waals surface area contributed by atoms with E-state index in [1.807, 2.05) is 20.8 Å². The highest BCUT2D eigenvalue weighted by Crippen LogP contribution is 1.98. The van der Waals surface area contributed by atoms with Crippen LogP contribution in [0.15, 0.2) is 18.3 Å². The first-order valence-electron chi connectivity index (χ1n) is 10.3. The molecule has 8 nitrogen and oxygen atoms in total. The molecule has 0 aliphatic rings. The van der Waals surface area contributed by atoms with Crippen molar-refractivity contribution in [3.63, 3.8) is 0 Å². The molecule has 1 rings (SSSR count). The number of hydrogen-bond acceptors (Lipinski definition) is 6. The number of pyridine rings is 1. The van der Waals surface area contributed by atoms with Crippen molar-refractivity contribution in [3.05, 3.63) is 29.6 Å². The van der Waals surface area contributed by atoms with Gasteiger partial charge in [-0.1, -0.05) is 34.1 Å². The highest BCUT2D eigenvalue weighted by Gasteiger charge is 2.04. The van der Waals surface area contributed by atoms with Gasteiger partial charge in [0.15, 0.2) is 0 Å². The van der Waals surface area contributed by atoms with E-state index < -0.39 is 6.09 Å². The Morgan fingerprint density at radius 2 is 1.48 bits per heavy atom. The number of aryl methyl sites for hydroxylation is 1. The molecule has 1 aromatic heterocycles. The number of alkyl carbamates (subject to hydrolysis) is 1. The molecule has 0 aliphatic heterocycles. The maximum atomic E-state index is 11.8. The van der Waals surface area contributed by atoms with E-state index in [1.54, 1.807) is 25.3 Å². The summed E-state index contributed by atoms with van der Waals surface area (Å²) in [6.07, 6.45) is 2.35. The number of carbonyl (C=O) groups is 2. The van der Waals surface area contributed by atoms with Gasteiger partial charge in [-0.2, -0.15) is 0 Å². The highest BCUT2D eigenvalue weighted by atomic mass is 16.5. The lowest BCUT2D eigenvalue weighted by molar-refractivity contribution is 0.0488. The monoisotopic (exact) mass is 413 g/mol. The number of nitrogens with zero attached hydrogens (tertiary/aromatic N) is 1. The van der Waals surface area contributed by atoms with Crippen LogP contribution in [0.3, 0.4) is 0 Å².